The Hall–Kier alpha value is -3.88. The summed E-state index contributed by atoms with van der Waals surface area (Å²) in [4.78, 5) is 26.3. The Bertz CT molecular complexity index is 1330. The van der Waals surface area contributed by atoms with Crippen LogP contribution in [-0.2, 0) is 0 Å². The first kappa shape index (κ1) is 21.6. The number of furan rings is 1. The summed E-state index contributed by atoms with van der Waals surface area (Å²) in [7, 11) is 1.59. The Labute approximate surface area is 202 Å². The molecule has 1 aromatic carbocycles. The Morgan fingerprint density at radius 1 is 1.09 bits per heavy atom. The number of piperazine rings is 1. The second-order valence-electron chi connectivity index (χ2n) is 9.11. The van der Waals surface area contributed by atoms with Crippen molar-refractivity contribution >= 4 is 22.7 Å². The highest BCUT2D eigenvalue weighted by molar-refractivity contribution is 5.97. The quantitative estimate of drug-likeness (QED) is 0.418. The molecule has 0 atom stereocenters. The second kappa shape index (κ2) is 9.05. The fraction of sp³-hybridized carbons (Fsp3) is 0.385. The predicted molar refractivity (Wildman–Crippen MR) is 130 cm³/mol. The molecule has 35 heavy (non-hydrogen) atoms. The van der Waals surface area contributed by atoms with Crippen molar-refractivity contribution in [1.82, 2.24) is 20.0 Å². The van der Waals surface area contributed by atoms with Crippen LogP contribution in [-0.4, -0.2) is 59.2 Å². The van der Waals surface area contributed by atoms with Crippen LogP contribution in [0.3, 0.4) is 0 Å². The molecule has 3 aromatic heterocycles. The average molecular weight is 474 g/mol. The lowest BCUT2D eigenvalue weighted by Gasteiger charge is -2.35. The lowest BCUT2D eigenvalue weighted by atomic mass is 10.1. The Morgan fingerprint density at radius 3 is 2.66 bits per heavy atom. The van der Waals surface area contributed by atoms with Crippen LogP contribution in [0, 0.1) is 0 Å². The van der Waals surface area contributed by atoms with Gasteiger partial charge in [-0.3, -0.25) is 4.79 Å². The van der Waals surface area contributed by atoms with Crippen molar-refractivity contribution in [3.8, 4) is 17.1 Å². The fourth-order valence-electron chi connectivity index (χ4n) is 4.99. The van der Waals surface area contributed by atoms with Gasteiger partial charge in [-0.05, 0) is 37.1 Å². The van der Waals surface area contributed by atoms with Crippen LogP contribution in [0.15, 0.2) is 51.5 Å². The molecule has 4 aromatic rings. The lowest BCUT2D eigenvalue weighted by molar-refractivity contribution is 0.0716. The number of rotatable bonds is 5. The highest BCUT2D eigenvalue weighted by Gasteiger charge is 2.26. The third kappa shape index (κ3) is 4.11. The standard InChI is InChI=1S/C26H27N5O4/c1-33-20-8-4-7-18-15-21(34-23(18)20)26(32)31-13-11-30(12-14-31)22-10-9-19(16-27-22)24-28-25(35-29-24)17-5-2-3-6-17/h4,7-10,15-17H,2-3,5-6,11-14H2,1H3. The van der Waals surface area contributed by atoms with Crippen molar-refractivity contribution in [2.24, 2.45) is 0 Å². The Balaban J connectivity index is 1.09. The summed E-state index contributed by atoms with van der Waals surface area (Å²) in [5.74, 6) is 3.43. The maximum absolute atomic E-state index is 13.0. The van der Waals surface area contributed by atoms with Crippen molar-refractivity contribution in [2.75, 3.05) is 38.2 Å². The van der Waals surface area contributed by atoms with Crippen molar-refractivity contribution in [3.63, 3.8) is 0 Å². The van der Waals surface area contributed by atoms with Gasteiger partial charge in [-0.25, -0.2) is 4.98 Å². The molecule has 2 fully saturated rings. The number of aromatic nitrogens is 3. The number of hydrogen-bond donors (Lipinski definition) is 0. The molecular weight excluding hydrogens is 446 g/mol. The minimum atomic E-state index is -0.110. The number of para-hydroxylation sites is 1. The van der Waals surface area contributed by atoms with Crippen LogP contribution < -0.4 is 9.64 Å². The Kier molecular flexibility index (Phi) is 5.60. The zero-order valence-electron chi connectivity index (χ0n) is 19.6. The molecule has 0 N–H and O–H groups in total. The molecule has 1 saturated heterocycles. The molecule has 6 rings (SSSR count). The summed E-state index contributed by atoms with van der Waals surface area (Å²) in [5.41, 5.74) is 1.44. The van der Waals surface area contributed by atoms with Crippen LogP contribution in [0.4, 0.5) is 5.82 Å². The lowest BCUT2D eigenvalue weighted by Crippen LogP contribution is -2.49. The van der Waals surface area contributed by atoms with Crippen molar-refractivity contribution < 1.29 is 18.5 Å². The van der Waals surface area contributed by atoms with E-state index in [1.165, 1.54) is 12.8 Å². The van der Waals surface area contributed by atoms with Gasteiger partial charge in [0.2, 0.25) is 11.7 Å². The van der Waals surface area contributed by atoms with Crippen molar-refractivity contribution in [3.05, 3.63) is 54.2 Å². The van der Waals surface area contributed by atoms with E-state index in [9.17, 15) is 4.79 Å². The number of anilines is 1. The number of methoxy groups -OCH3 is 1. The molecule has 9 heteroatoms. The summed E-state index contributed by atoms with van der Waals surface area (Å²) < 4.78 is 16.7. The molecule has 0 unspecified atom stereocenters. The largest absolute Gasteiger partial charge is 0.493 e. The number of hydrogen-bond acceptors (Lipinski definition) is 8. The van der Waals surface area contributed by atoms with Gasteiger partial charge in [-0.15, -0.1) is 0 Å². The maximum Gasteiger partial charge on any atom is 0.289 e. The van der Waals surface area contributed by atoms with E-state index >= 15 is 0 Å². The number of carbonyl (C=O) groups excluding carboxylic acids is 1. The minimum absolute atomic E-state index is 0.110. The van der Waals surface area contributed by atoms with Crippen LogP contribution in [0.1, 0.15) is 48.0 Å². The molecule has 2 aliphatic rings. The van der Waals surface area contributed by atoms with Crippen LogP contribution in [0.25, 0.3) is 22.4 Å². The van der Waals surface area contributed by atoms with Gasteiger partial charge in [0.25, 0.3) is 5.91 Å². The van der Waals surface area contributed by atoms with Gasteiger partial charge in [-0.2, -0.15) is 4.98 Å². The fourth-order valence-corrected chi connectivity index (χ4v) is 4.99. The number of ether oxygens (including phenoxy) is 1. The summed E-state index contributed by atoms with van der Waals surface area (Å²) >= 11 is 0. The topological polar surface area (TPSA) is 97.7 Å². The van der Waals surface area contributed by atoms with E-state index in [-0.39, 0.29) is 5.91 Å². The molecule has 4 heterocycles. The van der Waals surface area contributed by atoms with Gasteiger partial charge < -0.3 is 23.5 Å². The molecule has 1 aliphatic heterocycles. The molecule has 1 saturated carbocycles. The maximum atomic E-state index is 13.0. The van der Waals surface area contributed by atoms with Gasteiger partial charge in [0.05, 0.1) is 7.11 Å². The van der Waals surface area contributed by atoms with E-state index in [0.717, 1.165) is 35.5 Å². The third-order valence-corrected chi connectivity index (χ3v) is 6.98. The summed E-state index contributed by atoms with van der Waals surface area (Å²) in [5, 5.41) is 5.01. The van der Waals surface area contributed by atoms with E-state index in [4.69, 9.17) is 13.7 Å². The van der Waals surface area contributed by atoms with Crippen LogP contribution in [0.5, 0.6) is 5.75 Å². The first-order valence-corrected chi connectivity index (χ1v) is 12.1. The number of amides is 1. The van der Waals surface area contributed by atoms with E-state index in [1.807, 2.05) is 35.2 Å². The van der Waals surface area contributed by atoms with Gasteiger partial charge in [0, 0.05) is 49.2 Å². The number of fused-ring (bicyclic) bond motifs is 1. The van der Waals surface area contributed by atoms with Gasteiger partial charge in [-0.1, -0.05) is 30.1 Å². The number of carbonyl (C=O) groups is 1. The average Bonchev–Trinajstić information content (AvgIpc) is 3.68. The highest BCUT2D eigenvalue weighted by Crippen LogP contribution is 2.34. The van der Waals surface area contributed by atoms with E-state index in [0.29, 0.717) is 55.0 Å². The molecule has 180 valence electrons. The van der Waals surface area contributed by atoms with Crippen LogP contribution >= 0.6 is 0 Å². The third-order valence-electron chi connectivity index (χ3n) is 6.98. The van der Waals surface area contributed by atoms with E-state index in [1.54, 1.807) is 19.4 Å². The Morgan fingerprint density at radius 2 is 1.91 bits per heavy atom. The van der Waals surface area contributed by atoms with Crippen LogP contribution in [0.2, 0.25) is 0 Å². The molecule has 0 spiro atoms. The summed E-state index contributed by atoms with van der Waals surface area (Å²) in [6, 6.07) is 11.4. The summed E-state index contributed by atoms with van der Waals surface area (Å²) in [6.07, 6.45) is 6.49. The molecule has 1 amide bonds. The zero-order chi connectivity index (χ0) is 23.8. The highest BCUT2D eigenvalue weighted by atomic mass is 16.5. The normalized spacial score (nSPS) is 16.8. The first-order valence-electron chi connectivity index (χ1n) is 12.1. The van der Waals surface area contributed by atoms with Gasteiger partial charge in [0.1, 0.15) is 5.82 Å². The number of pyridine rings is 1. The van der Waals surface area contributed by atoms with Crippen molar-refractivity contribution in [1.29, 1.82) is 0 Å². The zero-order valence-corrected chi connectivity index (χ0v) is 19.6. The molecule has 1 aliphatic carbocycles. The second-order valence-corrected chi connectivity index (χ2v) is 9.11. The molecule has 9 nitrogen and oxygen atoms in total. The molecular formula is C26H27N5O4. The first-order chi connectivity index (χ1) is 17.2. The minimum Gasteiger partial charge on any atom is -0.493 e. The number of nitrogens with zero attached hydrogens (tertiary/aromatic N) is 5. The molecule has 0 bridgehead atoms. The van der Waals surface area contributed by atoms with Gasteiger partial charge >= 0.3 is 0 Å². The SMILES string of the molecule is COc1cccc2cc(C(=O)N3CCN(c4ccc(-c5noc(C6CCCC6)n5)cn4)CC3)oc12. The smallest absolute Gasteiger partial charge is 0.289 e. The monoisotopic (exact) mass is 473 g/mol. The van der Waals surface area contributed by atoms with E-state index in [2.05, 4.69) is 20.0 Å². The summed E-state index contributed by atoms with van der Waals surface area (Å²) in [6.45, 7) is 2.56. The van der Waals surface area contributed by atoms with E-state index < -0.39 is 0 Å². The van der Waals surface area contributed by atoms with Crippen molar-refractivity contribution in [2.45, 2.75) is 31.6 Å². The number of benzene rings is 1. The molecule has 0 radical (unpaired) electrons. The predicted octanol–water partition coefficient (Wildman–Crippen LogP) is 4.51. The van der Waals surface area contributed by atoms with Gasteiger partial charge in [0.15, 0.2) is 17.1 Å².